The highest BCUT2D eigenvalue weighted by Gasteiger charge is 2.23. The molecule has 7 aromatic carbocycles. The van der Waals surface area contributed by atoms with Gasteiger partial charge in [-0.3, -0.25) is 4.57 Å². The topological polar surface area (TPSA) is 30.7 Å². The maximum atomic E-state index is 5.40. The first-order valence-electron chi connectivity index (χ1n) is 15.5. The fourth-order valence-corrected chi connectivity index (χ4v) is 8.44. The average Bonchev–Trinajstić information content (AvgIpc) is 3.69. The second-order valence-corrected chi connectivity index (χ2v) is 12.8. The monoisotopic (exact) mass is 603 g/mol. The summed E-state index contributed by atoms with van der Waals surface area (Å²) in [7, 11) is 0. The lowest BCUT2D eigenvalue weighted by Gasteiger charge is -2.13. The highest BCUT2D eigenvalue weighted by atomic mass is 32.1. The summed E-state index contributed by atoms with van der Waals surface area (Å²) in [5, 5.41) is 8.60. The van der Waals surface area contributed by atoms with Gasteiger partial charge in [0.1, 0.15) is 0 Å². The molecule has 10 rings (SSSR count). The van der Waals surface area contributed by atoms with Gasteiger partial charge in [0.2, 0.25) is 5.95 Å². The Morgan fingerprint density at radius 1 is 0.435 bits per heavy atom. The van der Waals surface area contributed by atoms with E-state index < -0.39 is 0 Å². The summed E-state index contributed by atoms with van der Waals surface area (Å²) in [5.74, 6) is 0.678. The molecule has 0 saturated heterocycles. The predicted molar refractivity (Wildman–Crippen MR) is 195 cm³/mol. The van der Waals surface area contributed by atoms with Gasteiger partial charge in [-0.05, 0) is 34.7 Å². The largest absolute Gasteiger partial charge is 0.277 e. The summed E-state index contributed by atoms with van der Waals surface area (Å²) < 4.78 is 4.91. The van der Waals surface area contributed by atoms with Gasteiger partial charge in [-0.25, -0.2) is 9.97 Å². The van der Waals surface area contributed by atoms with Crippen LogP contribution in [0, 0.1) is 0 Å². The van der Waals surface area contributed by atoms with Crippen LogP contribution < -0.4 is 0 Å². The van der Waals surface area contributed by atoms with E-state index in [1.807, 2.05) is 11.3 Å². The lowest BCUT2D eigenvalue weighted by molar-refractivity contribution is 1.02. The average molecular weight is 604 g/mol. The molecule has 4 heteroatoms. The second-order valence-electron chi connectivity index (χ2n) is 11.8. The molecule has 0 amide bonds. The zero-order valence-corrected chi connectivity index (χ0v) is 25.5. The predicted octanol–water partition coefficient (Wildman–Crippen LogP) is 11.6. The number of hydrogen-bond donors (Lipinski definition) is 0. The van der Waals surface area contributed by atoms with Crippen LogP contribution in [0.2, 0.25) is 0 Å². The molecule has 3 heterocycles. The van der Waals surface area contributed by atoms with Crippen LogP contribution in [-0.2, 0) is 0 Å². The van der Waals surface area contributed by atoms with Gasteiger partial charge in [0, 0.05) is 47.3 Å². The molecule has 0 aliphatic rings. The van der Waals surface area contributed by atoms with Crippen molar-refractivity contribution in [3.63, 3.8) is 0 Å². The Labute approximate surface area is 268 Å². The summed E-state index contributed by atoms with van der Waals surface area (Å²) in [4.78, 5) is 10.7. The van der Waals surface area contributed by atoms with E-state index in [4.69, 9.17) is 9.97 Å². The molecule has 3 nitrogen and oxygen atoms in total. The van der Waals surface area contributed by atoms with Crippen molar-refractivity contribution in [2.45, 2.75) is 0 Å². The van der Waals surface area contributed by atoms with E-state index in [1.165, 1.54) is 52.8 Å². The second kappa shape index (κ2) is 9.83. The van der Waals surface area contributed by atoms with Crippen LogP contribution in [0.4, 0.5) is 0 Å². The molecule has 10 aromatic rings. The third-order valence-electron chi connectivity index (χ3n) is 9.21. The third-order valence-corrected chi connectivity index (χ3v) is 10.4. The van der Waals surface area contributed by atoms with Crippen LogP contribution in [-0.4, -0.2) is 14.5 Å². The normalized spacial score (nSPS) is 11.9. The molecule has 0 spiro atoms. The Balaban J connectivity index is 1.32. The molecule has 0 N–H and O–H groups in total. The minimum Gasteiger partial charge on any atom is -0.277 e. The van der Waals surface area contributed by atoms with Gasteiger partial charge in [-0.15, -0.1) is 11.3 Å². The molecule has 0 unspecified atom stereocenters. The highest BCUT2D eigenvalue weighted by molar-refractivity contribution is 7.27. The number of fused-ring (bicyclic) bond motifs is 11. The number of aromatic nitrogens is 3. The van der Waals surface area contributed by atoms with Crippen molar-refractivity contribution >= 4 is 75.0 Å². The number of benzene rings is 7. The summed E-state index contributed by atoms with van der Waals surface area (Å²) in [5.41, 5.74) is 7.56. The molecule has 46 heavy (non-hydrogen) atoms. The molecule has 0 saturated carbocycles. The van der Waals surface area contributed by atoms with Crippen LogP contribution in [0.15, 0.2) is 152 Å². The Morgan fingerprint density at radius 2 is 1.04 bits per heavy atom. The zero-order chi connectivity index (χ0) is 30.2. The molecule has 0 fully saturated rings. The number of para-hydroxylation sites is 2. The van der Waals surface area contributed by atoms with E-state index in [0.29, 0.717) is 5.95 Å². The Morgan fingerprint density at radius 3 is 1.87 bits per heavy atom. The van der Waals surface area contributed by atoms with Crippen LogP contribution in [0.25, 0.3) is 92.0 Å². The van der Waals surface area contributed by atoms with Crippen molar-refractivity contribution in [2.75, 3.05) is 0 Å². The van der Waals surface area contributed by atoms with Gasteiger partial charge in [-0.2, -0.15) is 0 Å². The van der Waals surface area contributed by atoms with Crippen molar-refractivity contribution < 1.29 is 0 Å². The summed E-state index contributed by atoms with van der Waals surface area (Å²) in [6.07, 6.45) is 0. The Bertz CT molecular complexity index is 2790. The summed E-state index contributed by atoms with van der Waals surface area (Å²) >= 11 is 1.88. The van der Waals surface area contributed by atoms with Gasteiger partial charge >= 0.3 is 0 Å². The van der Waals surface area contributed by atoms with Crippen molar-refractivity contribution in [1.82, 2.24) is 14.5 Å². The van der Waals surface area contributed by atoms with Crippen LogP contribution >= 0.6 is 11.3 Å². The first kappa shape index (κ1) is 25.5. The zero-order valence-electron chi connectivity index (χ0n) is 24.7. The number of thiophene rings is 1. The quantitative estimate of drug-likeness (QED) is 0.201. The molecule has 0 bridgehead atoms. The standard InChI is InChI=1S/C42H25N3S/c1-2-12-26(13-3-1)27-22-24-28(25-23-27)39-31-16-6-9-19-34(31)43-42(44-39)45-35-20-10-7-17-32(35)38-40(45)30-15-5-4-14-29(30)37-33-18-8-11-21-36(33)46-41(37)38/h1-25H. The number of nitrogens with zero attached hydrogens (tertiary/aromatic N) is 3. The third kappa shape index (κ3) is 3.65. The summed E-state index contributed by atoms with van der Waals surface area (Å²) in [6.45, 7) is 0. The van der Waals surface area contributed by atoms with E-state index in [2.05, 4.69) is 156 Å². The minimum absolute atomic E-state index is 0.678. The van der Waals surface area contributed by atoms with Gasteiger partial charge in [0.25, 0.3) is 0 Å². The number of rotatable bonds is 3. The van der Waals surface area contributed by atoms with Gasteiger partial charge in [0.15, 0.2) is 0 Å². The molecule has 0 radical (unpaired) electrons. The van der Waals surface area contributed by atoms with E-state index >= 15 is 0 Å². The first-order valence-corrected chi connectivity index (χ1v) is 16.3. The molecule has 0 aliphatic heterocycles. The molecule has 0 atom stereocenters. The minimum atomic E-state index is 0.678. The van der Waals surface area contributed by atoms with Crippen LogP contribution in [0.3, 0.4) is 0 Å². The van der Waals surface area contributed by atoms with Gasteiger partial charge in [0.05, 0.1) is 22.2 Å². The molecule has 214 valence electrons. The smallest absolute Gasteiger partial charge is 0.235 e. The van der Waals surface area contributed by atoms with Crippen molar-refractivity contribution in [3.8, 4) is 28.3 Å². The maximum Gasteiger partial charge on any atom is 0.235 e. The van der Waals surface area contributed by atoms with E-state index in [-0.39, 0.29) is 0 Å². The lowest BCUT2D eigenvalue weighted by atomic mass is 10.00. The molecule has 0 aliphatic carbocycles. The first-order chi connectivity index (χ1) is 22.8. The van der Waals surface area contributed by atoms with Crippen molar-refractivity contribution in [1.29, 1.82) is 0 Å². The molecule has 3 aromatic heterocycles. The Kier molecular flexibility index (Phi) is 5.45. The van der Waals surface area contributed by atoms with Gasteiger partial charge < -0.3 is 0 Å². The lowest BCUT2D eigenvalue weighted by Crippen LogP contribution is -2.03. The SMILES string of the molecule is c1ccc(-c2ccc(-c3nc(-n4c5ccccc5c5c6sc7ccccc7c6c6ccccc6c54)nc4ccccc34)cc2)cc1. The van der Waals surface area contributed by atoms with E-state index in [0.717, 1.165) is 33.2 Å². The van der Waals surface area contributed by atoms with Crippen molar-refractivity contribution in [2.24, 2.45) is 0 Å². The molecular weight excluding hydrogens is 579 g/mol. The van der Waals surface area contributed by atoms with Crippen molar-refractivity contribution in [3.05, 3.63) is 152 Å². The van der Waals surface area contributed by atoms with E-state index in [1.54, 1.807) is 0 Å². The molecular formula is C42H25N3S. The fourth-order valence-electron chi connectivity index (χ4n) is 7.16. The Hall–Kier alpha value is -5.84. The van der Waals surface area contributed by atoms with Crippen LogP contribution in [0.1, 0.15) is 0 Å². The summed E-state index contributed by atoms with van der Waals surface area (Å²) in [6, 6.07) is 53.9. The maximum absolute atomic E-state index is 5.40. The van der Waals surface area contributed by atoms with Crippen LogP contribution in [0.5, 0.6) is 0 Å². The number of hydrogen-bond acceptors (Lipinski definition) is 3. The fraction of sp³-hybridized carbons (Fsp3) is 0. The highest BCUT2D eigenvalue weighted by Crippen LogP contribution is 2.47. The van der Waals surface area contributed by atoms with E-state index in [9.17, 15) is 0 Å². The van der Waals surface area contributed by atoms with Gasteiger partial charge in [-0.1, -0.05) is 133 Å².